The number of amides is 1. The summed E-state index contributed by atoms with van der Waals surface area (Å²) in [6, 6.07) is 17.9. The molecule has 0 aliphatic heterocycles. The monoisotopic (exact) mass is 602 g/mol. The normalized spacial score (nSPS) is 11.5. The number of methoxy groups -OCH3 is 2. The number of para-hydroxylation sites is 1. The minimum absolute atomic E-state index is 0.0421. The van der Waals surface area contributed by atoms with Crippen molar-refractivity contribution in [1.29, 1.82) is 0 Å². The summed E-state index contributed by atoms with van der Waals surface area (Å²) in [7, 11) is -1.28. The van der Waals surface area contributed by atoms with E-state index < -0.39 is 22.5 Å². The van der Waals surface area contributed by atoms with Crippen LogP contribution in [0.5, 0.6) is 11.5 Å². The van der Waals surface area contributed by atoms with Crippen LogP contribution < -0.4 is 19.2 Å². The number of carbonyl (C=O) groups excluding carboxylic acids is 1. The fraction of sp³-hybridized carbons (Fsp3) is 0.273. The van der Waals surface area contributed by atoms with Gasteiger partial charge in [-0.1, -0.05) is 24.3 Å². The molecule has 0 aliphatic rings. The molecule has 0 aliphatic carbocycles. The molecule has 10 heteroatoms. The van der Waals surface area contributed by atoms with Gasteiger partial charge in [-0.25, -0.2) is 13.8 Å². The van der Waals surface area contributed by atoms with Crippen LogP contribution in [-0.4, -0.2) is 45.9 Å². The quantitative estimate of drug-likeness (QED) is 0.186. The average Bonchev–Trinajstić information content (AvgIpc) is 3.22. The first-order valence-corrected chi connectivity index (χ1v) is 15.2. The van der Waals surface area contributed by atoms with Crippen molar-refractivity contribution in [3.63, 3.8) is 0 Å². The second-order valence-electron chi connectivity index (χ2n) is 10.6. The minimum Gasteiger partial charge on any atom is -0.493 e. The lowest BCUT2D eigenvalue weighted by Gasteiger charge is -2.25. The van der Waals surface area contributed by atoms with Gasteiger partial charge in [-0.05, 0) is 94.1 Å². The molecule has 9 nitrogen and oxygen atoms in total. The molecule has 4 aromatic rings. The van der Waals surface area contributed by atoms with Crippen molar-refractivity contribution >= 4 is 27.8 Å². The second kappa shape index (κ2) is 12.7. The Labute approximate surface area is 253 Å². The first-order valence-electron chi connectivity index (χ1n) is 13.8. The van der Waals surface area contributed by atoms with Crippen LogP contribution in [0.15, 0.2) is 70.7 Å². The fourth-order valence-electron chi connectivity index (χ4n) is 5.27. The molecule has 0 fully saturated rings. The van der Waals surface area contributed by atoms with Crippen molar-refractivity contribution in [3.05, 3.63) is 99.9 Å². The smallest absolute Gasteiger partial charge is 0.264 e. The van der Waals surface area contributed by atoms with Gasteiger partial charge in [0.2, 0.25) is 0 Å². The number of aromatic nitrogens is 1. The molecule has 43 heavy (non-hydrogen) atoms. The molecule has 4 rings (SSSR count). The Morgan fingerprint density at radius 3 is 2.12 bits per heavy atom. The number of carbonyl (C=O) groups is 1. The van der Waals surface area contributed by atoms with Crippen molar-refractivity contribution in [3.8, 4) is 17.2 Å². The van der Waals surface area contributed by atoms with E-state index in [1.54, 1.807) is 18.3 Å². The van der Waals surface area contributed by atoms with Crippen LogP contribution in [0.3, 0.4) is 0 Å². The first kappa shape index (κ1) is 31.4. The molecule has 1 amide bonds. The van der Waals surface area contributed by atoms with Crippen molar-refractivity contribution in [1.82, 2.24) is 9.99 Å². The van der Waals surface area contributed by atoms with E-state index in [-0.39, 0.29) is 10.6 Å². The number of sulfonamides is 1. The number of rotatable bonds is 10. The summed E-state index contributed by atoms with van der Waals surface area (Å²) in [4.78, 5) is 13.1. The lowest BCUT2D eigenvalue weighted by Crippen LogP contribution is -2.39. The second-order valence-corrected chi connectivity index (χ2v) is 12.4. The van der Waals surface area contributed by atoms with E-state index in [1.165, 1.54) is 32.4 Å². The maximum atomic E-state index is 13.9. The summed E-state index contributed by atoms with van der Waals surface area (Å²) in [5.74, 6) is 0.0583. The Balaban J connectivity index is 1.63. The first-order chi connectivity index (χ1) is 20.4. The van der Waals surface area contributed by atoms with Gasteiger partial charge in [-0.3, -0.25) is 9.10 Å². The number of hydrazone groups is 1. The number of hydrogen-bond donors (Lipinski definition) is 1. The third-order valence-corrected chi connectivity index (χ3v) is 9.02. The SMILES string of the molecule is COc1ccc(S(=O)(=O)N(CC(=O)N/N=C/c2cc(C)n(-c3c(C)cccc3C)c2C)c2cc(C)cc(C)c2)cc1OC. The largest absolute Gasteiger partial charge is 0.493 e. The van der Waals surface area contributed by atoms with Gasteiger partial charge < -0.3 is 14.0 Å². The zero-order valence-electron chi connectivity index (χ0n) is 25.8. The molecule has 0 saturated carbocycles. The lowest BCUT2D eigenvalue weighted by molar-refractivity contribution is -0.119. The molecular formula is C33H38N4O5S. The van der Waals surface area contributed by atoms with Gasteiger partial charge in [0.25, 0.3) is 15.9 Å². The molecule has 0 atom stereocenters. The van der Waals surface area contributed by atoms with Crippen molar-refractivity contribution in [2.24, 2.45) is 5.10 Å². The maximum absolute atomic E-state index is 13.9. The molecule has 0 spiro atoms. The summed E-state index contributed by atoms with van der Waals surface area (Å²) in [5.41, 5.74) is 10.9. The van der Waals surface area contributed by atoms with Crippen LogP contribution in [0.25, 0.3) is 5.69 Å². The standard InChI is InChI=1S/C33H38N4O5S/c1-21-14-22(2)16-28(15-21)36(43(39,40)29-12-13-30(41-7)31(18-29)42-8)20-32(38)35-34-19-27-17-25(5)37(26(27)6)33-23(3)10-9-11-24(33)4/h9-19H,20H2,1-8H3,(H,35,38)/b34-19+. The molecule has 0 unspecified atom stereocenters. The topological polar surface area (TPSA) is 102 Å². The molecule has 3 aromatic carbocycles. The Bertz CT molecular complexity index is 1770. The molecule has 1 N–H and O–H groups in total. The van der Waals surface area contributed by atoms with Gasteiger partial charge in [0.05, 0.1) is 36.7 Å². The molecule has 1 heterocycles. The Morgan fingerprint density at radius 2 is 1.51 bits per heavy atom. The van der Waals surface area contributed by atoms with Crippen LogP contribution in [-0.2, 0) is 14.8 Å². The van der Waals surface area contributed by atoms with Crippen LogP contribution in [0.1, 0.15) is 39.2 Å². The Kier molecular flexibility index (Phi) is 9.30. The number of hydrogen-bond acceptors (Lipinski definition) is 6. The molecule has 1 aromatic heterocycles. The highest BCUT2D eigenvalue weighted by Crippen LogP contribution is 2.33. The maximum Gasteiger partial charge on any atom is 0.264 e. The zero-order valence-corrected chi connectivity index (χ0v) is 26.7. The van der Waals surface area contributed by atoms with E-state index in [4.69, 9.17) is 9.47 Å². The van der Waals surface area contributed by atoms with Gasteiger partial charge in [-0.2, -0.15) is 5.10 Å². The third kappa shape index (κ3) is 6.59. The van der Waals surface area contributed by atoms with Gasteiger partial charge in [0.1, 0.15) is 6.54 Å². The van der Waals surface area contributed by atoms with Crippen molar-refractivity contribution < 1.29 is 22.7 Å². The number of nitrogens with zero attached hydrogens (tertiary/aromatic N) is 3. The highest BCUT2D eigenvalue weighted by molar-refractivity contribution is 7.92. The van der Waals surface area contributed by atoms with Crippen LogP contribution in [0.2, 0.25) is 0 Å². The van der Waals surface area contributed by atoms with Gasteiger partial charge in [-0.15, -0.1) is 0 Å². The lowest BCUT2D eigenvalue weighted by atomic mass is 10.1. The van der Waals surface area contributed by atoms with Crippen molar-refractivity contribution in [2.45, 2.75) is 46.4 Å². The Hall–Kier alpha value is -4.57. The number of benzene rings is 3. The summed E-state index contributed by atoms with van der Waals surface area (Å²) < 4.78 is 41.7. The number of aryl methyl sites for hydroxylation is 5. The summed E-state index contributed by atoms with van der Waals surface area (Å²) in [6.45, 7) is 11.4. The van der Waals surface area contributed by atoms with E-state index in [2.05, 4.69) is 41.1 Å². The van der Waals surface area contributed by atoms with E-state index in [1.807, 2.05) is 45.9 Å². The third-order valence-electron chi connectivity index (χ3n) is 7.25. The van der Waals surface area contributed by atoms with Gasteiger partial charge in [0, 0.05) is 23.0 Å². The summed E-state index contributed by atoms with van der Waals surface area (Å²) in [6.07, 6.45) is 1.58. The predicted molar refractivity (Wildman–Crippen MR) is 170 cm³/mol. The minimum atomic E-state index is -4.18. The van der Waals surface area contributed by atoms with E-state index in [0.29, 0.717) is 11.4 Å². The summed E-state index contributed by atoms with van der Waals surface area (Å²) >= 11 is 0. The van der Waals surface area contributed by atoms with Crippen LogP contribution in [0.4, 0.5) is 5.69 Å². The summed E-state index contributed by atoms with van der Waals surface area (Å²) in [5, 5.41) is 4.19. The average molecular weight is 603 g/mol. The zero-order chi connectivity index (χ0) is 31.5. The number of nitrogens with one attached hydrogen (secondary N) is 1. The molecule has 0 saturated heterocycles. The molecular weight excluding hydrogens is 564 g/mol. The van der Waals surface area contributed by atoms with Gasteiger partial charge >= 0.3 is 0 Å². The van der Waals surface area contributed by atoms with Crippen molar-refractivity contribution in [2.75, 3.05) is 25.1 Å². The van der Waals surface area contributed by atoms with Crippen LogP contribution in [0, 0.1) is 41.5 Å². The van der Waals surface area contributed by atoms with Gasteiger partial charge in [0.15, 0.2) is 11.5 Å². The Morgan fingerprint density at radius 1 is 0.884 bits per heavy atom. The molecule has 0 bridgehead atoms. The number of anilines is 1. The van der Waals surface area contributed by atoms with E-state index in [9.17, 15) is 13.2 Å². The van der Waals surface area contributed by atoms with Crippen LogP contribution >= 0.6 is 0 Å². The highest BCUT2D eigenvalue weighted by Gasteiger charge is 2.29. The predicted octanol–water partition coefficient (Wildman–Crippen LogP) is 5.69. The highest BCUT2D eigenvalue weighted by atomic mass is 32.2. The molecule has 226 valence electrons. The fourth-order valence-corrected chi connectivity index (χ4v) is 6.69. The molecule has 0 radical (unpaired) electrons. The van der Waals surface area contributed by atoms with E-state index in [0.717, 1.165) is 49.2 Å². The van der Waals surface area contributed by atoms with E-state index >= 15 is 0 Å². The number of ether oxygens (including phenoxy) is 2.